The lowest BCUT2D eigenvalue weighted by Crippen LogP contribution is -2.10. The molecule has 0 bridgehead atoms. The van der Waals surface area contributed by atoms with Crippen molar-refractivity contribution < 1.29 is 14.3 Å². The van der Waals surface area contributed by atoms with Crippen LogP contribution in [-0.4, -0.2) is 12.5 Å². The molecule has 0 aromatic heterocycles. The minimum Gasteiger partial charge on any atom is -0.490 e. The first-order valence-electron chi connectivity index (χ1n) is 6.44. The number of carbonyl (C=O) groups is 1. The lowest BCUT2D eigenvalue weighted by Gasteiger charge is -2.11. The van der Waals surface area contributed by atoms with Crippen molar-refractivity contribution in [2.45, 2.75) is 13.5 Å². The number of para-hydroxylation sites is 2. The van der Waals surface area contributed by atoms with Crippen molar-refractivity contribution in [3.63, 3.8) is 0 Å². The molecule has 0 aliphatic carbocycles. The molecule has 0 fully saturated rings. The molecule has 20 heavy (non-hydrogen) atoms. The molecule has 0 unspecified atom stereocenters. The summed E-state index contributed by atoms with van der Waals surface area (Å²) in [5.74, 6) is 0.997. The summed E-state index contributed by atoms with van der Waals surface area (Å²) >= 11 is 0. The smallest absolute Gasteiger partial charge is 0.248 e. The van der Waals surface area contributed by atoms with Crippen LogP contribution in [0.4, 0.5) is 0 Å². The van der Waals surface area contributed by atoms with Gasteiger partial charge in [0.05, 0.1) is 6.61 Å². The van der Waals surface area contributed by atoms with Gasteiger partial charge in [-0.3, -0.25) is 4.79 Å². The highest BCUT2D eigenvalue weighted by atomic mass is 16.5. The highest BCUT2D eigenvalue weighted by Crippen LogP contribution is 2.27. The van der Waals surface area contributed by atoms with Gasteiger partial charge in [-0.15, -0.1) is 0 Å². The Hall–Kier alpha value is -2.49. The van der Waals surface area contributed by atoms with Gasteiger partial charge in [-0.1, -0.05) is 24.3 Å². The van der Waals surface area contributed by atoms with Crippen LogP contribution in [0.15, 0.2) is 48.5 Å². The minimum atomic E-state index is -0.431. The number of benzene rings is 2. The van der Waals surface area contributed by atoms with Crippen molar-refractivity contribution in [1.29, 1.82) is 0 Å². The van der Waals surface area contributed by atoms with Crippen molar-refractivity contribution in [2.75, 3.05) is 6.61 Å². The minimum absolute atomic E-state index is 0.406. The number of hydrogen-bond acceptors (Lipinski definition) is 3. The molecule has 2 N–H and O–H groups in total. The van der Waals surface area contributed by atoms with Crippen LogP contribution in [0, 0.1) is 0 Å². The number of carbonyl (C=O) groups excluding carboxylic acids is 1. The number of primary amides is 1. The van der Waals surface area contributed by atoms with E-state index in [1.165, 1.54) is 0 Å². The Labute approximate surface area is 118 Å². The predicted molar refractivity (Wildman–Crippen MR) is 76.9 cm³/mol. The normalized spacial score (nSPS) is 10.1. The summed E-state index contributed by atoms with van der Waals surface area (Å²) in [5, 5.41) is 0. The molecule has 0 radical (unpaired) electrons. The van der Waals surface area contributed by atoms with Crippen LogP contribution in [0.25, 0.3) is 0 Å². The SMILES string of the molecule is CCOc1ccccc1OCc1ccc(C(N)=O)cc1. The molecule has 4 nitrogen and oxygen atoms in total. The van der Waals surface area contributed by atoms with Gasteiger partial charge in [0.15, 0.2) is 11.5 Å². The first kappa shape index (κ1) is 13.9. The van der Waals surface area contributed by atoms with Crippen molar-refractivity contribution in [2.24, 2.45) is 5.73 Å². The molecule has 2 aromatic rings. The monoisotopic (exact) mass is 271 g/mol. The summed E-state index contributed by atoms with van der Waals surface area (Å²) in [6.07, 6.45) is 0. The van der Waals surface area contributed by atoms with E-state index < -0.39 is 5.91 Å². The van der Waals surface area contributed by atoms with Gasteiger partial charge in [-0.25, -0.2) is 0 Å². The molecule has 0 heterocycles. The molecule has 1 amide bonds. The summed E-state index contributed by atoms with van der Waals surface area (Å²) < 4.78 is 11.2. The Morgan fingerprint density at radius 2 is 1.60 bits per heavy atom. The summed E-state index contributed by atoms with van der Waals surface area (Å²) in [5.41, 5.74) is 6.64. The van der Waals surface area contributed by atoms with Crippen molar-refractivity contribution >= 4 is 5.91 Å². The summed E-state index contributed by atoms with van der Waals surface area (Å²) in [6, 6.07) is 14.6. The van der Waals surface area contributed by atoms with E-state index in [-0.39, 0.29) is 0 Å². The second-order valence-corrected chi connectivity index (χ2v) is 4.23. The van der Waals surface area contributed by atoms with E-state index in [0.717, 1.165) is 11.3 Å². The molecular weight excluding hydrogens is 254 g/mol. The van der Waals surface area contributed by atoms with Crippen molar-refractivity contribution in [1.82, 2.24) is 0 Å². The van der Waals surface area contributed by atoms with Crippen LogP contribution < -0.4 is 15.2 Å². The lowest BCUT2D eigenvalue weighted by molar-refractivity contribution is 0.1000. The third-order valence-electron chi connectivity index (χ3n) is 2.78. The molecule has 2 rings (SSSR count). The maximum absolute atomic E-state index is 11.0. The fraction of sp³-hybridized carbons (Fsp3) is 0.188. The Morgan fingerprint density at radius 1 is 1.00 bits per heavy atom. The average Bonchev–Trinajstić information content (AvgIpc) is 2.47. The second kappa shape index (κ2) is 6.61. The zero-order chi connectivity index (χ0) is 14.4. The second-order valence-electron chi connectivity index (χ2n) is 4.23. The van der Waals surface area contributed by atoms with Crippen molar-refractivity contribution in [3.05, 3.63) is 59.7 Å². The number of amides is 1. The van der Waals surface area contributed by atoms with E-state index in [1.54, 1.807) is 12.1 Å². The van der Waals surface area contributed by atoms with Crippen LogP contribution in [0.5, 0.6) is 11.5 Å². The molecule has 104 valence electrons. The molecule has 0 aliphatic heterocycles. The number of rotatable bonds is 6. The summed E-state index contributed by atoms with van der Waals surface area (Å²) in [4.78, 5) is 11.0. The first-order chi connectivity index (χ1) is 9.70. The topological polar surface area (TPSA) is 61.6 Å². The molecular formula is C16H17NO3. The number of nitrogens with two attached hydrogens (primary N) is 1. The Bertz CT molecular complexity index is 579. The van der Waals surface area contributed by atoms with E-state index in [2.05, 4.69) is 0 Å². The Morgan fingerprint density at radius 3 is 2.15 bits per heavy atom. The van der Waals surface area contributed by atoms with Crippen LogP contribution in [0.3, 0.4) is 0 Å². The van der Waals surface area contributed by atoms with Crippen LogP contribution in [0.2, 0.25) is 0 Å². The molecule has 0 saturated carbocycles. The third-order valence-corrected chi connectivity index (χ3v) is 2.78. The van der Waals surface area contributed by atoms with Crippen LogP contribution in [-0.2, 0) is 6.61 Å². The molecule has 0 atom stereocenters. The molecule has 4 heteroatoms. The van der Waals surface area contributed by atoms with E-state index in [4.69, 9.17) is 15.2 Å². The van der Waals surface area contributed by atoms with Crippen LogP contribution in [0.1, 0.15) is 22.8 Å². The quantitative estimate of drug-likeness (QED) is 0.878. The highest BCUT2D eigenvalue weighted by Gasteiger charge is 2.04. The maximum atomic E-state index is 11.0. The van der Waals surface area contributed by atoms with Gasteiger partial charge in [-0.05, 0) is 36.8 Å². The number of ether oxygens (including phenoxy) is 2. The predicted octanol–water partition coefficient (Wildman–Crippen LogP) is 2.76. The van der Waals surface area contributed by atoms with Gasteiger partial charge < -0.3 is 15.2 Å². The molecule has 2 aromatic carbocycles. The fourth-order valence-corrected chi connectivity index (χ4v) is 1.77. The highest BCUT2D eigenvalue weighted by molar-refractivity contribution is 5.92. The van der Waals surface area contributed by atoms with E-state index in [9.17, 15) is 4.79 Å². The molecule has 0 saturated heterocycles. The fourth-order valence-electron chi connectivity index (χ4n) is 1.77. The van der Waals surface area contributed by atoms with Crippen molar-refractivity contribution in [3.8, 4) is 11.5 Å². The standard InChI is InChI=1S/C16H17NO3/c1-2-19-14-5-3-4-6-15(14)20-11-12-7-9-13(10-8-12)16(17)18/h3-10H,2,11H2,1H3,(H2,17,18). The zero-order valence-electron chi connectivity index (χ0n) is 11.3. The van der Waals surface area contributed by atoms with E-state index in [1.807, 2.05) is 43.3 Å². The van der Waals surface area contributed by atoms with Crippen LogP contribution >= 0.6 is 0 Å². The molecule has 0 aliphatic rings. The summed E-state index contributed by atoms with van der Waals surface area (Å²) in [7, 11) is 0. The van der Waals surface area contributed by atoms with Gasteiger partial charge in [0, 0.05) is 5.56 Å². The van der Waals surface area contributed by atoms with E-state index in [0.29, 0.717) is 24.5 Å². The maximum Gasteiger partial charge on any atom is 0.248 e. The number of hydrogen-bond donors (Lipinski definition) is 1. The van der Waals surface area contributed by atoms with E-state index >= 15 is 0 Å². The average molecular weight is 271 g/mol. The largest absolute Gasteiger partial charge is 0.490 e. The Kier molecular flexibility index (Phi) is 4.60. The van der Waals surface area contributed by atoms with Gasteiger partial charge in [0.2, 0.25) is 5.91 Å². The molecule has 0 spiro atoms. The lowest BCUT2D eigenvalue weighted by atomic mass is 10.1. The third kappa shape index (κ3) is 3.51. The van der Waals surface area contributed by atoms with Gasteiger partial charge >= 0.3 is 0 Å². The first-order valence-corrected chi connectivity index (χ1v) is 6.44. The Balaban J connectivity index is 2.03. The van der Waals surface area contributed by atoms with Gasteiger partial charge in [-0.2, -0.15) is 0 Å². The van der Waals surface area contributed by atoms with Gasteiger partial charge in [0.25, 0.3) is 0 Å². The van der Waals surface area contributed by atoms with Gasteiger partial charge in [0.1, 0.15) is 6.61 Å². The summed E-state index contributed by atoms with van der Waals surface area (Å²) in [6.45, 7) is 2.93. The zero-order valence-corrected chi connectivity index (χ0v) is 11.3.